The number of halogens is 1. The number of nitro benzene ring substituents is 1. The van der Waals surface area contributed by atoms with Crippen molar-refractivity contribution in [3.63, 3.8) is 0 Å². The molecule has 0 unspecified atom stereocenters. The number of carbonyl (C=O) groups excluding carboxylic acids is 1. The molecule has 1 amide bonds. The van der Waals surface area contributed by atoms with Crippen LogP contribution in [0.2, 0.25) is 5.02 Å². The number of rotatable bonds is 5. The van der Waals surface area contributed by atoms with Gasteiger partial charge < -0.3 is 19.9 Å². The topological polar surface area (TPSA) is 88.0 Å². The normalized spacial score (nSPS) is 13.9. The molecule has 0 radical (unpaired) electrons. The van der Waals surface area contributed by atoms with Crippen LogP contribution in [-0.2, 0) is 4.74 Å². The van der Waals surface area contributed by atoms with Crippen LogP contribution in [-0.4, -0.2) is 51.2 Å². The highest BCUT2D eigenvalue weighted by molar-refractivity contribution is 6.34. The number of nitrogens with zero attached hydrogens (tertiary/aromatic N) is 3. The van der Waals surface area contributed by atoms with Gasteiger partial charge in [0.05, 0.1) is 34.5 Å². The molecule has 0 aromatic heterocycles. The van der Waals surface area contributed by atoms with Gasteiger partial charge in [0.15, 0.2) is 0 Å². The van der Waals surface area contributed by atoms with E-state index in [2.05, 4.69) is 5.32 Å². The van der Waals surface area contributed by atoms with Crippen molar-refractivity contribution in [3.8, 4) is 0 Å². The van der Waals surface area contributed by atoms with Gasteiger partial charge in [-0.3, -0.25) is 14.9 Å². The number of para-hydroxylation sites is 1. The lowest BCUT2D eigenvalue weighted by molar-refractivity contribution is -0.384. The van der Waals surface area contributed by atoms with Crippen LogP contribution in [0.4, 0.5) is 22.7 Å². The summed E-state index contributed by atoms with van der Waals surface area (Å²) in [6, 6.07) is 9.70. The van der Waals surface area contributed by atoms with Crippen LogP contribution in [0.1, 0.15) is 10.4 Å². The molecular formula is C19H21ClN4O4. The fourth-order valence-electron chi connectivity index (χ4n) is 3.15. The second kappa shape index (κ2) is 8.45. The van der Waals surface area contributed by atoms with Crippen molar-refractivity contribution < 1.29 is 14.5 Å². The van der Waals surface area contributed by atoms with Gasteiger partial charge in [0.25, 0.3) is 11.6 Å². The predicted octanol–water partition coefficient (Wildman–Crippen LogP) is 3.40. The van der Waals surface area contributed by atoms with E-state index in [0.29, 0.717) is 48.4 Å². The van der Waals surface area contributed by atoms with E-state index in [1.807, 2.05) is 19.0 Å². The molecule has 0 aliphatic carbocycles. The van der Waals surface area contributed by atoms with Gasteiger partial charge in [-0.05, 0) is 24.3 Å². The highest BCUT2D eigenvalue weighted by Crippen LogP contribution is 2.34. The molecular weight excluding hydrogens is 384 g/mol. The third kappa shape index (κ3) is 4.18. The first-order valence-corrected chi connectivity index (χ1v) is 9.14. The molecule has 1 N–H and O–H groups in total. The molecule has 1 saturated heterocycles. The molecule has 1 aliphatic heterocycles. The van der Waals surface area contributed by atoms with Crippen molar-refractivity contribution in [1.82, 2.24) is 0 Å². The van der Waals surface area contributed by atoms with Crippen LogP contribution < -0.4 is 15.1 Å². The molecule has 1 heterocycles. The van der Waals surface area contributed by atoms with Crippen LogP contribution in [0.25, 0.3) is 0 Å². The number of carbonyl (C=O) groups is 1. The lowest BCUT2D eigenvalue weighted by Gasteiger charge is -2.28. The Bertz CT molecular complexity index is 897. The van der Waals surface area contributed by atoms with Crippen molar-refractivity contribution in [3.05, 3.63) is 57.1 Å². The molecule has 148 valence electrons. The van der Waals surface area contributed by atoms with Crippen LogP contribution >= 0.6 is 11.6 Å². The minimum absolute atomic E-state index is 0.103. The Labute approximate surface area is 167 Å². The van der Waals surface area contributed by atoms with Gasteiger partial charge in [-0.2, -0.15) is 0 Å². The highest BCUT2D eigenvalue weighted by atomic mass is 35.5. The van der Waals surface area contributed by atoms with Gasteiger partial charge >= 0.3 is 0 Å². The van der Waals surface area contributed by atoms with Crippen molar-refractivity contribution in [2.75, 3.05) is 55.5 Å². The third-order valence-electron chi connectivity index (χ3n) is 4.47. The lowest BCUT2D eigenvalue weighted by atomic mass is 10.1. The molecule has 0 atom stereocenters. The molecule has 3 rings (SSSR count). The van der Waals surface area contributed by atoms with E-state index in [-0.39, 0.29) is 11.3 Å². The molecule has 1 fully saturated rings. The maximum Gasteiger partial charge on any atom is 0.293 e. The summed E-state index contributed by atoms with van der Waals surface area (Å²) >= 11 is 6.23. The first-order chi connectivity index (χ1) is 13.4. The number of amides is 1. The van der Waals surface area contributed by atoms with Crippen molar-refractivity contribution in [2.45, 2.75) is 0 Å². The van der Waals surface area contributed by atoms with Crippen LogP contribution in [0.5, 0.6) is 0 Å². The first-order valence-electron chi connectivity index (χ1n) is 8.77. The third-order valence-corrected chi connectivity index (χ3v) is 4.77. The SMILES string of the molecule is CN(C)c1c(Cl)cccc1NC(=O)c1ccc(N2CCOCC2)c([N+](=O)[O-])c1. The Balaban J connectivity index is 1.90. The van der Waals surface area contributed by atoms with Gasteiger partial charge in [-0.15, -0.1) is 0 Å². The summed E-state index contributed by atoms with van der Waals surface area (Å²) in [7, 11) is 3.64. The largest absolute Gasteiger partial charge is 0.378 e. The van der Waals surface area contributed by atoms with E-state index < -0.39 is 10.8 Å². The standard InChI is InChI=1S/C19H21ClN4O4/c1-22(2)18-14(20)4-3-5-15(18)21-19(25)13-6-7-16(17(12-13)24(26)27)23-8-10-28-11-9-23/h3-7,12H,8-11H2,1-2H3,(H,21,25). The zero-order valence-electron chi connectivity index (χ0n) is 15.6. The Hall–Kier alpha value is -2.84. The number of benzene rings is 2. The minimum atomic E-state index is -0.466. The van der Waals surface area contributed by atoms with Gasteiger partial charge in [0.2, 0.25) is 0 Å². The predicted molar refractivity (Wildman–Crippen MR) is 110 cm³/mol. The Morgan fingerprint density at radius 2 is 1.96 bits per heavy atom. The molecule has 9 heteroatoms. The molecule has 0 saturated carbocycles. The maximum absolute atomic E-state index is 12.7. The van der Waals surface area contributed by atoms with Gasteiger partial charge in [-0.1, -0.05) is 17.7 Å². The van der Waals surface area contributed by atoms with E-state index in [1.165, 1.54) is 6.07 Å². The van der Waals surface area contributed by atoms with Crippen molar-refractivity contribution in [1.29, 1.82) is 0 Å². The van der Waals surface area contributed by atoms with Gasteiger partial charge in [-0.25, -0.2) is 0 Å². The summed E-state index contributed by atoms with van der Waals surface area (Å²) in [5.41, 5.74) is 1.78. The summed E-state index contributed by atoms with van der Waals surface area (Å²) in [5, 5.41) is 14.9. The fourth-order valence-corrected chi connectivity index (χ4v) is 3.49. The second-order valence-corrected chi connectivity index (χ2v) is 6.95. The summed E-state index contributed by atoms with van der Waals surface area (Å²) in [6.07, 6.45) is 0. The smallest absolute Gasteiger partial charge is 0.293 e. The Kier molecular flexibility index (Phi) is 6.01. The number of hydrogen-bond donors (Lipinski definition) is 1. The average molecular weight is 405 g/mol. The number of nitrogens with one attached hydrogen (secondary N) is 1. The summed E-state index contributed by atoms with van der Waals surface area (Å²) in [5.74, 6) is -0.443. The Morgan fingerprint density at radius 1 is 1.25 bits per heavy atom. The van der Waals surface area contributed by atoms with Gasteiger partial charge in [0.1, 0.15) is 5.69 Å². The minimum Gasteiger partial charge on any atom is -0.378 e. The van der Waals surface area contributed by atoms with E-state index in [4.69, 9.17) is 16.3 Å². The zero-order valence-corrected chi connectivity index (χ0v) is 16.4. The summed E-state index contributed by atoms with van der Waals surface area (Å²) in [4.78, 5) is 27.5. The number of morpholine rings is 1. The molecule has 1 aliphatic rings. The monoisotopic (exact) mass is 404 g/mol. The Morgan fingerprint density at radius 3 is 2.61 bits per heavy atom. The van der Waals surface area contributed by atoms with E-state index >= 15 is 0 Å². The van der Waals surface area contributed by atoms with Crippen LogP contribution in [0.3, 0.4) is 0 Å². The fraction of sp³-hybridized carbons (Fsp3) is 0.316. The van der Waals surface area contributed by atoms with Crippen LogP contribution in [0.15, 0.2) is 36.4 Å². The molecule has 2 aromatic carbocycles. The molecule has 0 bridgehead atoms. The maximum atomic E-state index is 12.7. The first kappa shape index (κ1) is 19.9. The highest BCUT2D eigenvalue weighted by Gasteiger charge is 2.23. The molecule has 2 aromatic rings. The quantitative estimate of drug-likeness (QED) is 0.607. The van der Waals surface area contributed by atoms with E-state index in [0.717, 1.165) is 0 Å². The molecule has 28 heavy (non-hydrogen) atoms. The van der Waals surface area contributed by atoms with E-state index in [1.54, 1.807) is 35.2 Å². The number of anilines is 3. The summed E-state index contributed by atoms with van der Waals surface area (Å²) in [6.45, 7) is 2.17. The second-order valence-electron chi connectivity index (χ2n) is 6.54. The number of nitro groups is 1. The van der Waals surface area contributed by atoms with Gasteiger partial charge in [0, 0.05) is 38.8 Å². The molecule has 0 spiro atoms. The van der Waals surface area contributed by atoms with Crippen molar-refractivity contribution >= 4 is 40.3 Å². The van der Waals surface area contributed by atoms with Crippen LogP contribution in [0, 0.1) is 10.1 Å². The van der Waals surface area contributed by atoms with Crippen molar-refractivity contribution in [2.24, 2.45) is 0 Å². The lowest BCUT2D eigenvalue weighted by Crippen LogP contribution is -2.36. The molecule has 8 nitrogen and oxygen atoms in total. The average Bonchev–Trinajstić information content (AvgIpc) is 2.68. The summed E-state index contributed by atoms with van der Waals surface area (Å²) < 4.78 is 5.30. The van der Waals surface area contributed by atoms with E-state index in [9.17, 15) is 14.9 Å². The number of hydrogen-bond acceptors (Lipinski definition) is 6. The zero-order chi connectivity index (χ0) is 20.3. The number of ether oxygens (including phenoxy) is 1.